The summed E-state index contributed by atoms with van der Waals surface area (Å²) in [6, 6.07) is 7.01. The van der Waals surface area contributed by atoms with Gasteiger partial charge in [0.15, 0.2) is 5.96 Å². The third-order valence-electron chi connectivity index (χ3n) is 4.37. The molecule has 2 aromatic rings. The average Bonchev–Trinajstić information content (AvgIpc) is 3.04. The summed E-state index contributed by atoms with van der Waals surface area (Å²) in [6.07, 6.45) is 2.05. The molecule has 1 heterocycles. The summed E-state index contributed by atoms with van der Waals surface area (Å²) in [6.45, 7) is 8.69. The molecule has 0 atom stereocenters. The van der Waals surface area contributed by atoms with Crippen LogP contribution < -0.4 is 10.6 Å². The molecule has 0 aliphatic heterocycles. The van der Waals surface area contributed by atoms with Gasteiger partial charge in [-0.2, -0.15) is 5.10 Å². The molecular formula is C21H32ClIN6O. The molecule has 2 N–H and O–H groups in total. The quantitative estimate of drug-likeness (QED) is 0.229. The molecule has 1 amide bonds. The van der Waals surface area contributed by atoms with E-state index >= 15 is 0 Å². The first-order valence-corrected chi connectivity index (χ1v) is 10.3. The van der Waals surface area contributed by atoms with E-state index < -0.39 is 0 Å². The summed E-state index contributed by atoms with van der Waals surface area (Å²) < 4.78 is 1.85. The highest BCUT2D eigenvalue weighted by Crippen LogP contribution is 2.18. The van der Waals surface area contributed by atoms with Crippen molar-refractivity contribution in [2.24, 2.45) is 12.0 Å². The summed E-state index contributed by atoms with van der Waals surface area (Å²) in [7, 11) is 3.94. The lowest BCUT2D eigenvalue weighted by molar-refractivity contribution is 0.0955. The van der Waals surface area contributed by atoms with E-state index in [1.165, 1.54) is 5.56 Å². The van der Waals surface area contributed by atoms with Crippen LogP contribution in [0.1, 0.15) is 48.3 Å². The Hall–Kier alpha value is -1.81. The number of halogens is 2. The van der Waals surface area contributed by atoms with E-state index in [1.807, 2.05) is 25.7 Å². The molecule has 0 saturated carbocycles. The first-order valence-electron chi connectivity index (χ1n) is 9.88. The highest BCUT2D eigenvalue weighted by Gasteiger charge is 2.15. The highest BCUT2D eigenvalue weighted by atomic mass is 127. The van der Waals surface area contributed by atoms with Gasteiger partial charge < -0.3 is 15.5 Å². The van der Waals surface area contributed by atoms with E-state index in [2.05, 4.69) is 45.7 Å². The number of aromatic nitrogens is 2. The molecule has 0 radical (unpaired) electrons. The Balaban J connectivity index is 0.00000450. The molecule has 0 unspecified atom stereocenters. The first-order chi connectivity index (χ1) is 13.8. The maximum Gasteiger partial charge on any atom is 0.252 e. The smallest absolute Gasteiger partial charge is 0.252 e. The standard InChI is InChI=1S/C21H31ClN6O.HI/c1-6-23-21(27(4)13-16-14-28(5)26-19(16)15(2)3)25-12-11-24-20(29)17-9-7-8-10-18(17)22;/h7-10,14-15H,6,11-13H2,1-5H3,(H,23,25)(H,24,29);1H. The number of guanidine groups is 1. The van der Waals surface area contributed by atoms with Gasteiger partial charge >= 0.3 is 0 Å². The fraction of sp³-hybridized carbons (Fsp3) is 0.476. The molecule has 9 heteroatoms. The van der Waals surface area contributed by atoms with Crippen LogP contribution in [0, 0.1) is 0 Å². The summed E-state index contributed by atoms with van der Waals surface area (Å²) in [5.41, 5.74) is 2.75. The summed E-state index contributed by atoms with van der Waals surface area (Å²) in [4.78, 5) is 18.9. The molecule has 1 aromatic carbocycles. The number of aryl methyl sites for hydroxylation is 1. The molecule has 0 saturated heterocycles. The van der Waals surface area contributed by atoms with Gasteiger partial charge in [-0.05, 0) is 25.0 Å². The summed E-state index contributed by atoms with van der Waals surface area (Å²) in [5.74, 6) is 0.957. The number of aliphatic imine (C=N–C) groups is 1. The van der Waals surface area contributed by atoms with Crippen LogP contribution in [0.3, 0.4) is 0 Å². The second kappa shape index (κ2) is 12.8. The monoisotopic (exact) mass is 546 g/mol. The number of carbonyl (C=O) groups is 1. The molecule has 0 spiro atoms. The predicted octanol–water partition coefficient (Wildman–Crippen LogP) is 3.64. The Bertz CT molecular complexity index is 852. The zero-order valence-electron chi connectivity index (χ0n) is 18.3. The molecule has 30 heavy (non-hydrogen) atoms. The van der Waals surface area contributed by atoms with Crippen LogP contribution in [-0.4, -0.2) is 53.2 Å². The van der Waals surface area contributed by atoms with Crippen LogP contribution >= 0.6 is 35.6 Å². The van der Waals surface area contributed by atoms with Gasteiger partial charge in [0.1, 0.15) is 0 Å². The fourth-order valence-corrected chi connectivity index (χ4v) is 3.26. The SMILES string of the molecule is CCNC(=NCCNC(=O)c1ccccc1Cl)N(C)Cc1cn(C)nc1C(C)C.I. The topological polar surface area (TPSA) is 74.6 Å². The molecule has 0 fully saturated rings. The molecular weight excluding hydrogens is 515 g/mol. The van der Waals surface area contributed by atoms with Gasteiger partial charge in [-0.3, -0.25) is 14.5 Å². The van der Waals surface area contributed by atoms with Crippen molar-refractivity contribution >= 4 is 47.4 Å². The van der Waals surface area contributed by atoms with Gasteiger partial charge in [-0.15, -0.1) is 24.0 Å². The van der Waals surface area contributed by atoms with Crippen LogP contribution in [0.2, 0.25) is 5.02 Å². The van der Waals surface area contributed by atoms with Gasteiger partial charge in [-0.25, -0.2) is 0 Å². The lowest BCUT2D eigenvalue weighted by Crippen LogP contribution is -2.39. The van der Waals surface area contributed by atoms with E-state index in [-0.39, 0.29) is 29.9 Å². The summed E-state index contributed by atoms with van der Waals surface area (Å²) >= 11 is 6.07. The van der Waals surface area contributed by atoms with Crippen LogP contribution in [0.25, 0.3) is 0 Å². The van der Waals surface area contributed by atoms with Gasteiger partial charge in [-0.1, -0.05) is 37.6 Å². The number of nitrogens with zero attached hydrogens (tertiary/aromatic N) is 4. The second-order valence-corrected chi connectivity index (χ2v) is 7.60. The zero-order chi connectivity index (χ0) is 21.4. The molecule has 0 aliphatic rings. The minimum Gasteiger partial charge on any atom is -0.357 e. The lowest BCUT2D eigenvalue weighted by Gasteiger charge is -2.22. The Labute approximate surface area is 201 Å². The molecule has 0 bridgehead atoms. The van der Waals surface area contributed by atoms with E-state index in [0.717, 1.165) is 18.2 Å². The van der Waals surface area contributed by atoms with Crippen molar-refractivity contribution < 1.29 is 4.79 Å². The Morgan fingerprint density at radius 3 is 2.63 bits per heavy atom. The van der Waals surface area contributed by atoms with Crippen molar-refractivity contribution in [3.8, 4) is 0 Å². The number of hydrogen-bond acceptors (Lipinski definition) is 3. The first kappa shape index (κ1) is 26.2. The largest absolute Gasteiger partial charge is 0.357 e. The third-order valence-corrected chi connectivity index (χ3v) is 4.69. The van der Waals surface area contributed by atoms with E-state index in [1.54, 1.807) is 24.3 Å². The number of nitrogens with one attached hydrogen (secondary N) is 2. The minimum absolute atomic E-state index is 0. The maximum absolute atomic E-state index is 12.2. The normalized spacial score (nSPS) is 11.2. The molecule has 2 rings (SSSR count). The maximum atomic E-state index is 12.2. The number of carbonyl (C=O) groups excluding carboxylic acids is 1. The molecule has 1 aromatic heterocycles. The van der Waals surface area contributed by atoms with Crippen molar-refractivity contribution in [1.82, 2.24) is 25.3 Å². The van der Waals surface area contributed by atoms with Gasteiger partial charge in [0.2, 0.25) is 0 Å². The molecule has 166 valence electrons. The fourth-order valence-electron chi connectivity index (χ4n) is 3.03. The van der Waals surface area contributed by atoms with E-state index in [4.69, 9.17) is 11.6 Å². The lowest BCUT2D eigenvalue weighted by atomic mass is 10.1. The Morgan fingerprint density at radius 2 is 2.00 bits per heavy atom. The molecule has 7 nitrogen and oxygen atoms in total. The van der Waals surface area contributed by atoms with Gasteiger partial charge in [0, 0.05) is 45.5 Å². The zero-order valence-corrected chi connectivity index (χ0v) is 21.4. The van der Waals surface area contributed by atoms with Crippen molar-refractivity contribution in [3.05, 3.63) is 52.3 Å². The molecule has 0 aliphatic carbocycles. The number of benzene rings is 1. The predicted molar refractivity (Wildman–Crippen MR) is 134 cm³/mol. The van der Waals surface area contributed by atoms with E-state index in [0.29, 0.717) is 36.1 Å². The number of hydrogen-bond donors (Lipinski definition) is 2. The van der Waals surface area contributed by atoms with Crippen LogP contribution in [0.5, 0.6) is 0 Å². The van der Waals surface area contributed by atoms with Crippen LogP contribution in [-0.2, 0) is 13.6 Å². The number of amides is 1. The van der Waals surface area contributed by atoms with Crippen molar-refractivity contribution in [3.63, 3.8) is 0 Å². The highest BCUT2D eigenvalue weighted by molar-refractivity contribution is 14.0. The minimum atomic E-state index is -0.193. The van der Waals surface area contributed by atoms with Crippen LogP contribution in [0.4, 0.5) is 0 Å². The number of rotatable bonds is 8. The summed E-state index contributed by atoms with van der Waals surface area (Å²) in [5, 5.41) is 11.2. The third kappa shape index (κ3) is 7.46. The van der Waals surface area contributed by atoms with Gasteiger partial charge in [0.25, 0.3) is 5.91 Å². The van der Waals surface area contributed by atoms with Crippen molar-refractivity contribution in [2.45, 2.75) is 33.2 Å². The Morgan fingerprint density at radius 1 is 1.30 bits per heavy atom. The Kier molecular flexibility index (Phi) is 11.2. The van der Waals surface area contributed by atoms with Crippen LogP contribution in [0.15, 0.2) is 35.5 Å². The van der Waals surface area contributed by atoms with E-state index in [9.17, 15) is 4.79 Å². The van der Waals surface area contributed by atoms with Crippen molar-refractivity contribution in [1.29, 1.82) is 0 Å². The van der Waals surface area contributed by atoms with Crippen molar-refractivity contribution in [2.75, 3.05) is 26.7 Å². The average molecular weight is 547 g/mol. The second-order valence-electron chi connectivity index (χ2n) is 7.20. The van der Waals surface area contributed by atoms with Gasteiger partial charge in [0.05, 0.1) is 22.8 Å².